The maximum absolute atomic E-state index is 11.7. The van der Waals surface area contributed by atoms with Crippen molar-refractivity contribution >= 4 is 11.8 Å². The summed E-state index contributed by atoms with van der Waals surface area (Å²) < 4.78 is 4.91. The smallest absolute Gasteiger partial charge is 0.255 e. The molecule has 2 N–H and O–H groups in total. The first-order valence-corrected chi connectivity index (χ1v) is 5.31. The maximum atomic E-state index is 11.7. The molecule has 1 aromatic rings. The van der Waals surface area contributed by atoms with Gasteiger partial charge in [0.15, 0.2) is 0 Å². The number of rotatable bonds is 4. The number of phenolic OH excluding ortho intramolecular Hbond substituents is 1. The molecule has 1 aromatic carbocycles. The second-order valence-electron chi connectivity index (χ2n) is 3.85. The fourth-order valence-corrected chi connectivity index (χ4v) is 1.24. The molecule has 0 radical (unpaired) electrons. The third kappa shape index (κ3) is 3.38. The molecular formula is C12H16N2O4. The van der Waals surface area contributed by atoms with Gasteiger partial charge in [-0.25, -0.2) is 0 Å². The fourth-order valence-electron chi connectivity index (χ4n) is 1.24. The first-order chi connectivity index (χ1) is 8.45. The number of hydrogen-bond donors (Lipinski definition) is 2. The second kappa shape index (κ2) is 5.90. The number of carbonyl (C=O) groups is 2. The van der Waals surface area contributed by atoms with Crippen molar-refractivity contribution in [1.82, 2.24) is 10.2 Å². The quantitative estimate of drug-likeness (QED) is 0.803. The molecular weight excluding hydrogens is 236 g/mol. The number of methoxy groups -OCH3 is 1. The number of likely N-dealkylation sites (N-methyl/N-ethyl adjacent to an activating group) is 1. The Morgan fingerprint density at radius 2 is 2.06 bits per heavy atom. The SMILES string of the molecule is COc1ccc(C(=O)NCC(=O)N(C)C)c(O)c1. The number of ether oxygens (including phenoxy) is 1. The van der Waals surface area contributed by atoms with Crippen LogP contribution in [0.5, 0.6) is 11.5 Å². The Balaban J connectivity index is 2.70. The van der Waals surface area contributed by atoms with Crippen molar-refractivity contribution < 1.29 is 19.4 Å². The Labute approximate surface area is 105 Å². The molecule has 0 saturated carbocycles. The van der Waals surface area contributed by atoms with Crippen molar-refractivity contribution in [2.24, 2.45) is 0 Å². The monoisotopic (exact) mass is 252 g/mol. The van der Waals surface area contributed by atoms with Crippen LogP contribution in [0.4, 0.5) is 0 Å². The van der Waals surface area contributed by atoms with Gasteiger partial charge in [0.1, 0.15) is 11.5 Å². The van der Waals surface area contributed by atoms with E-state index in [9.17, 15) is 14.7 Å². The van der Waals surface area contributed by atoms with E-state index in [1.807, 2.05) is 0 Å². The summed E-state index contributed by atoms with van der Waals surface area (Å²) in [6.07, 6.45) is 0. The van der Waals surface area contributed by atoms with Gasteiger partial charge in [-0.3, -0.25) is 9.59 Å². The van der Waals surface area contributed by atoms with Crippen LogP contribution in [0.25, 0.3) is 0 Å². The summed E-state index contributed by atoms with van der Waals surface area (Å²) in [5, 5.41) is 12.1. The van der Waals surface area contributed by atoms with Gasteiger partial charge in [-0.2, -0.15) is 0 Å². The van der Waals surface area contributed by atoms with Crippen LogP contribution < -0.4 is 10.1 Å². The number of amides is 2. The molecule has 0 unspecified atom stereocenters. The van der Waals surface area contributed by atoms with Crippen LogP contribution in [-0.2, 0) is 4.79 Å². The highest BCUT2D eigenvalue weighted by Crippen LogP contribution is 2.22. The van der Waals surface area contributed by atoms with E-state index in [-0.39, 0.29) is 23.8 Å². The largest absolute Gasteiger partial charge is 0.507 e. The van der Waals surface area contributed by atoms with Gasteiger partial charge in [0.2, 0.25) is 5.91 Å². The highest BCUT2D eigenvalue weighted by molar-refractivity contribution is 5.98. The molecule has 6 heteroatoms. The number of phenols is 1. The number of nitrogens with zero attached hydrogens (tertiary/aromatic N) is 1. The highest BCUT2D eigenvalue weighted by Gasteiger charge is 2.13. The zero-order valence-corrected chi connectivity index (χ0v) is 10.6. The van der Waals surface area contributed by atoms with Gasteiger partial charge in [0.05, 0.1) is 19.2 Å². The highest BCUT2D eigenvalue weighted by atomic mass is 16.5. The molecule has 0 aliphatic rings. The normalized spacial score (nSPS) is 9.72. The van der Waals surface area contributed by atoms with Crippen LogP contribution in [-0.4, -0.2) is 49.6 Å². The van der Waals surface area contributed by atoms with Crippen molar-refractivity contribution in [3.8, 4) is 11.5 Å². The molecule has 0 aliphatic heterocycles. The molecule has 0 saturated heterocycles. The van der Waals surface area contributed by atoms with Gasteiger partial charge < -0.3 is 20.1 Å². The summed E-state index contributed by atoms with van der Waals surface area (Å²) in [7, 11) is 4.66. The summed E-state index contributed by atoms with van der Waals surface area (Å²) in [6, 6.07) is 4.33. The lowest BCUT2D eigenvalue weighted by atomic mass is 10.2. The van der Waals surface area contributed by atoms with Crippen molar-refractivity contribution in [3.05, 3.63) is 23.8 Å². The number of carbonyl (C=O) groups excluding carboxylic acids is 2. The fraction of sp³-hybridized carbons (Fsp3) is 0.333. The lowest BCUT2D eigenvalue weighted by Crippen LogP contribution is -2.36. The molecule has 6 nitrogen and oxygen atoms in total. The van der Waals surface area contributed by atoms with Gasteiger partial charge in [-0.15, -0.1) is 0 Å². The molecule has 0 aliphatic carbocycles. The summed E-state index contributed by atoms with van der Waals surface area (Å²) in [5.41, 5.74) is 0.0994. The zero-order chi connectivity index (χ0) is 13.7. The van der Waals surface area contributed by atoms with Crippen molar-refractivity contribution in [1.29, 1.82) is 0 Å². The predicted molar refractivity (Wildman–Crippen MR) is 65.7 cm³/mol. The minimum Gasteiger partial charge on any atom is -0.507 e. The summed E-state index contributed by atoms with van der Waals surface area (Å²) >= 11 is 0. The Kier molecular flexibility index (Phi) is 4.53. The topological polar surface area (TPSA) is 78.9 Å². The lowest BCUT2D eigenvalue weighted by Gasteiger charge is -2.11. The molecule has 0 spiro atoms. The van der Waals surface area contributed by atoms with Gasteiger partial charge in [0.25, 0.3) is 5.91 Å². The second-order valence-corrected chi connectivity index (χ2v) is 3.85. The van der Waals surface area contributed by atoms with E-state index in [1.165, 1.54) is 24.1 Å². The first kappa shape index (κ1) is 13.8. The molecule has 98 valence electrons. The predicted octanol–water partition coefficient (Wildman–Crippen LogP) is 0.219. The number of aromatic hydroxyl groups is 1. The average Bonchev–Trinajstić information content (AvgIpc) is 2.34. The average molecular weight is 252 g/mol. The summed E-state index contributed by atoms with van der Waals surface area (Å²) in [6.45, 7) is -0.114. The standard InChI is InChI=1S/C12H16N2O4/c1-14(2)11(16)7-13-12(17)9-5-4-8(18-3)6-10(9)15/h4-6,15H,7H2,1-3H3,(H,13,17). The van der Waals surface area contributed by atoms with Crippen LogP contribution in [0.1, 0.15) is 10.4 Å². The van der Waals surface area contributed by atoms with Gasteiger partial charge in [0, 0.05) is 20.2 Å². The molecule has 0 atom stereocenters. The Hall–Kier alpha value is -2.24. The van der Waals surface area contributed by atoms with Crippen LogP contribution >= 0.6 is 0 Å². The third-order valence-corrected chi connectivity index (χ3v) is 2.35. The molecule has 18 heavy (non-hydrogen) atoms. The van der Waals surface area contributed by atoms with Gasteiger partial charge in [-0.1, -0.05) is 0 Å². The Bertz CT molecular complexity index is 457. The molecule has 0 heterocycles. The van der Waals surface area contributed by atoms with E-state index in [0.717, 1.165) is 0 Å². The van der Waals surface area contributed by atoms with Gasteiger partial charge >= 0.3 is 0 Å². The van der Waals surface area contributed by atoms with E-state index in [4.69, 9.17) is 4.74 Å². The van der Waals surface area contributed by atoms with E-state index >= 15 is 0 Å². The van der Waals surface area contributed by atoms with Gasteiger partial charge in [-0.05, 0) is 12.1 Å². The Morgan fingerprint density at radius 1 is 1.39 bits per heavy atom. The Morgan fingerprint density at radius 3 is 2.56 bits per heavy atom. The molecule has 0 aromatic heterocycles. The van der Waals surface area contributed by atoms with E-state index in [2.05, 4.69) is 5.32 Å². The third-order valence-electron chi connectivity index (χ3n) is 2.35. The van der Waals surface area contributed by atoms with Crippen LogP contribution in [0.3, 0.4) is 0 Å². The van der Waals surface area contributed by atoms with Crippen molar-refractivity contribution in [2.45, 2.75) is 0 Å². The molecule has 2 amide bonds. The van der Waals surface area contributed by atoms with Crippen molar-refractivity contribution in [2.75, 3.05) is 27.7 Å². The van der Waals surface area contributed by atoms with Crippen LogP contribution in [0.15, 0.2) is 18.2 Å². The lowest BCUT2D eigenvalue weighted by molar-refractivity contribution is -0.127. The summed E-state index contributed by atoms with van der Waals surface area (Å²) in [5.74, 6) is -0.473. The van der Waals surface area contributed by atoms with Crippen LogP contribution in [0, 0.1) is 0 Å². The summed E-state index contributed by atoms with van der Waals surface area (Å²) in [4.78, 5) is 24.4. The maximum Gasteiger partial charge on any atom is 0.255 e. The van der Waals surface area contributed by atoms with Crippen LogP contribution in [0.2, 0.25) is 0 Å². The number of benzene rings is 1. The van der Waals surface area contributed by atoms with E-state index < -0.39 is 5.91 Å². The first-order valence-electron chi connectivity index (χ1n) is 5.31. The van der Waals surface area contributed by atoms with Crippen molar-refractivity contribution in [3.63, 3.8) is 0 Å². The molecule has 0 fully saturated rings. The number of nitrogens with one attached hydrogen (secondary N) is 1. The van der Waals surface area contributed by atoms with E-state index in [1.54, 1.807) is 20.2 Å². The molecule has 1 rings (SSSR count). The minimum atomic E-state index is -0.509. The zero-order valence-electron chi connectivity index (χ0n) is 10.6. The van der Waals surface area contributed by atoms with E-state index in [0.29, 0.717) is 5.75 Å². The molecule has 0 bridgehead atoms. The minimum absolute atomic E-state index is 0.0994. The number of hydrogen-bond acceptors (Lipinski definition) is 4.